The lowest BCUT2D eigenvalue weighted by Crippen LogP contribution is -2.58. The number of aliphatic carboxylic acids is 1. The van der Waals surface area contributed by atoms with Crippen LogP contribution in [0, 0.1) is 5.92 Å². The van der Waals surface area contributed by atoms with E-state index < -0.39 is 54.0 Å². The molecule has 1 aliphatic heterocycles. The van der Waals surface area contributed by atoms with E-state index >= 15 is 0 Å². The van der Waals surface area contributed by atoms with Gasteiger partial charge in [0.15, 0.2) is 0 Å². The van der Waals surface area contributed by atoms with Gasteiger partial charge in [-0.1, -0.05) is 32.0 Å². The van der Waals surface area contributed by atoms with E-state index in [-0.39, 0.29) is 12.3 Å². The fourth-order valence-corrected chi connectivity index (χ4v) is 4.67. The summed E-state index contributed by atoms with van der Waals surface area (Å²) in [6.07, 6.45) is 1.99. The quantitative estimate of drug-likeness (QED) is 0.252. The van der Waals surface area contributed by atoms with Crippen LogP contribution in [0.5, 0.6) is 0 Å². The lowest BCUT2D eigenvalue weighted by molar-refractivity contribution is -0.145. The van der Waals surface area contributed by atoms with Crippen LogP contribution in [-0.2, 0) is 25.6 Å². The molecular weight excluding hydrogens is 478 g/mol. The topological polar surface area (TPSA) is 178 Å². The molecule has 1 saturated heterocycles. The molecule has 1 aromatic heterocycles. The maximum Gasteiger partial charge on any atom is 0.326 e. The predicted molar refractivity (Wildman–Crippen MR) is 137 cm³/mol. The minimum Gasteiger partial charge on any atom is -0.480 e. The van der Waals surface area contributed by atoms with Crippen molar-refractivity contribution in [2.75, 3.05) is 6.54 Å². The van der Waals surface area contributed by atoms with Crippen LogP contribution in [0.4, 0.5) is 0 Å². The summed E-state index contributed by atoms with van der Waals surface area (Å²) < 4.78 is 0. The summed E-state index contributed by atoms with van der Waals surface area (Å²) in [6.45, 7) is 5.50. The van der Waals surface area contributed by atoms with Gasteiger partial charge in [-0.2, -0.15) is 0 Å². The van der Waals surface area contributed by atoms with Crippen molar-refractivity contribution in [2.24, 2.45) is 11.7 Å². The van der Waals surface area contributed by atoms with Crippen LogP contribution in [0.25, 0.3) is 10.9 Å². The molecule has 1 fully saturated rings. The Hall–Kier alpha value is -3.44. The molecule has 7 N–H and O–H groups in total. The average molecular weight is 516 g/mol. The first-order valence-corrected chi connectivity index (χ1v) is 12.6. The number of likely N-dealkylation sites (tertiary alicyclic amines) is 1. The number of aromatic amines is 1. The van der Waals surface area contributed by atoms with Crippen LogP contribution in [0.1, 0.15) is 45.6 Å². The first-order chi connectivity index (χ1) is 17.5. The summed E-state index contributed by atoms with van der Waals surface area (Å²) in [6, 6.07) is 3.34. The molecular formula is C26H37N5O6. The Balaban J connectivity index is 1.73. The SMILES string of the molecule is CC(C)CC(NC(=O)C(N)C(C)O)C(=O)N1CCCC1C(=O)NC(Cc1c[nH]c2ccccc12)C(=O)O. The van der Waals surface area contributed by atoms with Gasteiger partial charge in [0, 0.05) is 30.1 Å². The fourth-order valence-electron chi connectivity index (χ4n) is 4.67. The van der Waals surface area contributed by atoms with E-state index in [2.05, 4.69) is 15.6 Å². The van der Waals surface area contributed by atoms with Crippen molar-refractivity contribution in [3.63, 3.8) is 0 Å². The Bertz CT molecular complexity index is 1130. The number of H-pyrrole nitrogens is 1. The Kier molecular flexibility index (Phi) is 9.28. The van der Waals surface area contributed by atoms with Gasteiger partial charge < -0.3 is 36.5 Å². The van der Waals surface area contributed by atoms with E-state index in [1.807, 2.05) is 38.1 Å². The van der Waals surface area contributed by atoms with Crippen molar-refractivity contribution in [3.8, 4) is 0 Å². The normalized spacial score (nSPS) is 18.9. The van der Waals surface area contributed by atoms with E-state index in [0.717, 1.165) is 16.5 Å². The van der Waals surface area contributed by atoms with Crippen molar-refractivity contribution in [2.45, 2.75) is 76.7 Å². The molecule has 202 valence electrons. The predicted octanol–water partition coefficient (Wildman–Crippen LogP) is 0.510. The lowest BCUT2D eigenvalue weighted by Gasteiger charge is -2.30. The summed E-state index contributed by atoms with van der Waals surface area (Å²) in [7, 11) is 0. The molecule has 2 heterocycles. The van der Waals surface area contributed by atoms with Gasteiger partial charge in [0.05, 0.1) is 6.10 Å². The number of benzene rings is 1. The Morgan fingerprint density at radius 2 is 1.84 bits per heavy atom. The zero-order valence-corrected chi connectivity index (χ0v) is 21.4. The maximum absolute atomic E-state index is 13.5. The summed E-state index contributed by atoms with van der Waals surface area (Å²) >= 11 is 0. The van der Waals surface area contributed by atoms with E-state index in [4.69, 9.17) is 5.73 Å². The first-order valence-electron chi connectivity index (χ1n) is 12.6. The number of carboxylic acids is 1. The number of rotatable bonds is 11. The molecule has 37 heavy (non-hydrogen) atoms. The van der Waals surface area contributed by atoms with Gasteiger partial charge in [-0.15, -0.1) is 0 Å². The summed E-state index contributed by atoms with van der Waals surface area (Å²) in [5.41, 5.74) is 7.36. The van der Waals surface area contributed by atoms with Crippen LogP contribution >= 0.6 is 0 Å². The van der Waals surface area contributed by atoms with E-state index in [9.17, 15) is 29.4 Å². The van der Waals surface area contributed by atoms with Crippen molar-refractivity contribution >= 4 is 34.6 Å². The van der Waals surface area contributed by atoms with Crippen LogP contribution in [0.15, 0.2) is 30.5 Å². The molecule has 0 bridgehead atoms. The van der Waals surface area contributed by atoms with Crippen molar-refractivity contribution in [1.29, 1.82) is 0 Å². The number of fused-ring (bicyclic) bond motifs is 1. The number of hydrogen-bond donors (Lipinski definition) is 6. The zero-order chi connectivity index (χ0) is 27.3. The zero-order valence-electron chi connectivity index (χ0n) is 21.4. The third-order valence-electron chi connectivity index (χ3n) is 6.70. The number of amides is 3. The van der Waals surface area contributed by atoms with Gasteiger partial charge in [-0.3, -0.25) is 14.4 Å². The minimum absolute atomic E-state index is 0.0551. The standard InChI is InChI=1S/C26H37N5O6/c1-14(2)11-19(29-24(34)22(27)15(3)32)25(35)31-10-6-9-21(31)23(33)30-20(26(36)37)12-16-13-28-18-8-5-4-7-17(16)18/h4-5,7-8,13-15,19-22,28,32H,6,9-12,27H2,1-3H3,(H,29,34)(H,30,33)(H,36,37). The Labute approximate surface area is 215 Å². The minimum atomic E-state index is -1.19. The number of nitrogens with zero attached hydrogens (tertiary/aromatic N) is 1. The molecule has 3 amide bonds. The molecule has 1 aliphatic rings. The number of para-hydroxylation sites is 1. The van der Waals surface area contributed by atoms with Gasteiger partial charge in [0.2, 0.25) is 17.7 Å². The smallest absolute Gasteiger partial charge is 0.326 e. The lowest BCUT2D eigenvalue weighted by atomic mass is 10.0. The molecule has 2 aromatic rings. The molecule has 1 aromatic carbocycles. The molecule has 0 radical (unpaired) electrons. The third-order valence-corrected chi connectivity index (χ3v) is 6.70. The summed E-state index contributed by atoms with van der Waals surface area (Å²) in [5.74, 6) is -2.75. The molecule has 0 saturated carbocycles. The van der Waals surface area contributed by atoms with Crippen LogP contribution < -0.4 is 16.4 Å². The van der Waals surface area contributed by atoms with Crippen molar-refractivity contribution in [3.05, 3.63) is 36.0 Å². The number of hydrogen-bond acceptors (Lipinski definition) is 6. The Morgan fingerprint density at radius 3 is 2.49 bits per heavy atom. The average Bonchev–Trinajstić information content (AvgIpc) is 3.49. The number of aromatic nitrogens is 1. The second-order valence-corrected chi connectivity index (χ2v) is 10.1. The second-order valence-electron chi connectivity index (χ2n) is 10.1. The highest BCUT2D eigenvalue weighted by Crippen LogP contribution is 2.22. The molecule has 11 nitrogen and oxygen atoms in total. The largest absolute Gasteiger partial charge is 0.480 e. The van der Waals surface area contributed by atoms with Crippen LogP contribution in [-0.4, -0.2) is 80.6 Å². The number of nitrogens with one attached hydrogen (secondary N) is 3. The highest BCUT2D eigenvalue weighted by molar-refractivity contribution is 5.95. The Morgan fingerprint density at radius 1 is 1.14 bits per heavy atom. The molecule has 11 heteroatoms. The molecule has 5 atom stereocenters. The van der Waals surface area contributed by atoms with Gasteiger partial charge in [0.25, 0.3) is 0 Å². The van der Waals surface area contributed by atoms with Crippen LogP contribution in [0.3, 0.4) is 0 Å². The third kappa shape index (κ3) is 6.86. The first kappa shape index (κ1) is 28.1. The van der Waals surface area contributed by atoms with Gasteiger partial charge >= 0.3 is 5.97 Å². The monoisotopic (exact) mass is 515 g/mol. The highest BCUT2D eigenvalue weighted by atomic mass is 16.4. The van der Waals surface area contributed by atoms with Crippen LogP contribution in [0.2, 0.25) is 0 Å². The number of nitrogens with two attached hydrogens (primary N) is 1. The van der Waals surface area contributed by atoms with Crippen molar-refractivity contribution in [1.82, 2.24) is 20.5 Å². The highest BCUT2D eigenvalue weighted by Gasteiger charge is 2.39. The van der Waals surface area contributed by atoms with Crippen molar-refractivity contribution < 1.29 is 29.4 Å². The molecule has 0 aliphatic carbocycles. The molecule has 3 rings (SSSR count). The number of carbonyl (C=O) groups is 4. The second kappa shape index (κ2) is 12.2. The van der Waals surface area contributed by atoms with E-state index in [1.165, 1.54) is 11.8 Å². The van der Waals surface area contributed by atoms with Gasteiger partial charge in [-0.25, -0.2) is 4.79 Å². The number of aliphatic hydroxyl groups is 1. The van der Waals surface area contributed by atoms with Gasteiger partial charge in [-0.05, 0) is 43.7 Å². The summed E-state index contributed by atoms with van der Waals surface area (Å²) in [4.78, 5) is 55.7. The number of aliphatic hydroxyl groups excluding tert-OH is 1. The van der Waals surface area contributed by atoms with E-state index in [1.54, 1.807) is 6.20 Å². The molecule has 5 unspecified atom stereocenters. The molecule has 0 spiro atoms. The van der Waals surface area contributed by atoms with Gasteiger partial charge in [0.1, 0.15) is 24.2 Å². The maximum atomic E-state index is 13.5. The fraction of sp³-hybridized carbons (Fsp3) is 0.538. The number of carbonyl (C=O) groups excluding carboxylic acids is 3. The summed E-state index contributed by atoms with van der Waals surface area (Å²) in [5, 5.41) is 25.6. The number of carboxylic acid groups (broad SMARTS) is 1. The van der Waals surface area contributed by atoms with E-state index in [0.29, 0.717) is 25.8 Å².